The molecule has 0 saturated heterocycles. The summed E-state index contributed by atoms with van der Waals surface area (Å²) in [6.07, 6.45) is 3.26. The van der Waals surface area contributed by atoms with Gasteiger partial charge in [0.1, 0.15) is 0 Å². The molecule has 4 heteroatoms. The van der Waals surface area contributed by atoms with Crippen LogP contribution in [0.2, 0.25) is 0 Å². The lowest BCUT2D eigenvalue weighted by molar-refractivity contribution is 0.240. The molecule has 1 aliphatic rings. The normalized spacial score (nSPS) is 17.6. The van der Waals surface area contributed by atoms with Gasteiger partial charge < -0.3 is 15.6 Å². The number of methoxy groups -OCH3 is 1. The topological polar surface area (TPSA) is 55.5 Å². The summed E-state index contributed by atoms with van der Waals surface area (Å²) in [5, 5.41) is 10.4. The molecule has 3 N–H and O–H groups in total. The first-order valence-corrected chi connectivity index (χ1v) is 6.61. The Hall–Kier alpha value is -0.740. The number of benzene rings is 1. The van der Waals surface area contributed by atoms with Crippen molar-refractivity contribution in [3.05, 3.63) is 21.7 Å². The van der Waals surface area contributed by atoms with Gasteiger partial charge in [-0.2, -0.15) is 0 Å². The van der Waals surface area contributed by atoms with Crippen LogP contribution >= 0.6 is 15.9 Å². The van der Waals surface area contributed by atoms with E-state index < -0.39 is 0 Å². The van der Waals surface area contributed by atoms with E-state index in [1.54, 1.807) is 7.11 Å². The van der Waals surface area contributed by atoms with Crippen LogP contribution in [0.15, 0.2) is 10.5 Å². The molecule has 94 valence electrons. The van der Waals surface area contributed by atoms with Crippen molar-refractivity contribution in [1.82, 2.24) is 0 Å². The Labute approximate surface area is 110 Å². The molecule has 1 saturated carbocycles. The Morgan fingerprint density at radius 1 is 1.53 bits per heavy atom. The first-order chi connectivity index (χ1) is 8.05. The summed E-state index contributed by atoms with van der Waals surface area (Å²) >= 11 is 3.40. The van der Waals surface area contributed by atoms with Crippen LogP contribution in [-0.2, 0) is 5.41 Å². The molecule has 0 aliphatic heterocycles. The summed E-state index contributed by atoms with van der Waals surface area (Å²) in [6, 6.07) is 1.99. The van der Waals surface area contributed by atoms with Crippen LogP contribution in [0, 0.1) is 6.92 Å². The number of nitrogens with two attached hydrogens (primary N) is 1. The molecule has 1 aromatic carbocycles. The number of aryl methyl sites for hydroxylation is 1. The molecule has 0 amide bonds. The maximum atomic E-state index is 10.4. The van der Waals surface area contributed by atoms with E-state index in [9.17, 15) is 5.11 Å². The molecular formula is C13H18BrNO2. The number of phenols is 1. The van der Waals surface area contributed by atoms with Gasteiger partial charge in [0.15, 0.2) is 11.5 Å². The summed E-state index contributed by atoms with van der Waals surface area (Å²) in [6.45, 7) is 2.58. The highest BCUT2D eigenvalue weighted by molar-refractivity contribution is 9.10. The van der Waals surface area contributed by atoms with Crippen molar-refractivity contribution in [2.45, 2.75) is 31.6 Å². The van der Waals surface area contributed by atoms with Gasteiger partial charge in [-0.3, -0.25) is 0 Å². The molecule has 0 atom stereocenters. The third-order valence-corrected chi connectivity index (χ3v) is 4.43. The highest BCUT2D eigenvalue weighted by Crippen LogP contribution is 2.51. The van der Waals surface area contributed by atoms with Crippen LogP contribution in [0.4, 0.5) is 0 Å². The highest BCUT2D eigenvalue weighted by atomic mass is 79.9. The summed E-state index contributed by atoms with van der Waals surface area (Å²) in [4.78, 5) is 0. The van der Waals surface area contributed by atoms with Gasteiger partial charge in [-0.25, -0.2) is 0 Å². The number of hydrogen-bond acceptors (Lipinski definition) is 3. The van der Waals surface area contributed by atoms with Crippen LogP contribution in [-0.4, -0.2) is 18.8 Å². The van der Waals surface area contributed by atoms with E-state index in [0.717, 1.165) is 28.4 Å². The highest BCUT2D eigenvalue weighted by Gasteiger charge is 2.41. The smallest absolute Gasteiger partial charge is 0.174 e. The molecule has 0 unspecified atom stereocenters. The number of hydrogen-bond donors (Lipinski definition) is 2. The van der Waals surface area contributed by atoms with Crippen molar-refractivity contribution in [2.75, 3.05) is 13.7 Å². The third kappa shape index (κ3) is 1.83. The second kappa shape index (κ2) is 4.50. The van der Waals surface area contributed by atoms with E-state index in [4.69, 9.17) is 10.5 Å². The molecule has 1 aliphatic carbocycles. The molecule has 3 nitrogen and oxygen atoms in total. The monoisotopic (exact) mass is 299 g/mol. The van der Waals surface area contributed by atoms with Gasteiger partial charge in [0.05, 0.1) is 11.6 Å². The van der Waals surface area contributed by atoms with Gasteiger partial charge in [0.25, 0.3) is 0 Å². The lowest BCUT2D eigenvalue weighted by Gasteiger charge is -2.43. The SMILES string of the molecule is COc1c(Br)cc(C)c(C2(CN)CCC2)c1O. The van der Waals surface area contributed by atoms with Gasteiger partial charge >= 0.3 is 0 Å². The van der Waals surface area contributed by atoms with Crippen molar-refractivity contribution < 1.29 is 9.84 Å². The maximum Gasteiger partial charge on any atom is 0.174 e. The zero-order chi connectivity index (χ0) is 12.6. The minimum absolute atomic E-state index is 0.0534. The maximum absolute atomic E-state index is 10.4. The van der Waals surface area contributed by atoms with Crippen LogP contribution < -0.4 is 10.5 Å². The standard InChI is InChI=1S/C13H18BrNO2/c1-8-6-9(14)12(17-2)11(16)10(8)13(7-15)4-3-5-13/h6,16H,3-5,7,15H2,1-2H3. The van der Waals surface area contributed by atoms with E-state index in [1.807, 2.05) is 13.0 Å². The zero-order valence-electron chi connectivity index (χ0n) is 10.2. The Morgan fingerprint density at radius 2 is 2.18 bits per heavy atom. The van der Waals surface area contributed by atoms with Crippen molar-refractivity contribution in [3.8, 4) is 11.5 Å². The molecule has 1 aromatic rings. The van der Waals surface area contributed by atoms with Gasteiger partial charge in [0.2, 0.25) is 0 Å². The zero-order valence-corrected chi connectivity index (χ0v) is 11.8. The number of ether oxygens (including phenoxy) is 1. The van der Waals surface area contributed by atoms with Gasteiger partial charge in [-0.15, -0.1) is 0 Å². The molecular weight excluding hydrogens is 282 g/mol. The predicted octanol–water partition coefficient (Wildman–Crippen LogP) is 2.85. The summed E-state index contributed by atoms with van der Waals surface area (Å²) < 4.78 is 6.02. The molecule has 0 aromatic heterocycles. The van der Waals surface area contributed by atoms with E-state index in [1.165, 1.54) is 6.42 Å². The van der Waals surface area contributed by atoms with Crippen molar-refractivity contribution in [1.29, 1.82) is 0 Å². The average Bonchev–Trinajstić information content (AvgIpc) is 2.21. The number of halogens is 1. The lowest BCUT2D eigenvalue weighted by Crippen LogP contribution is -2.42. The second-order valence-corrected chi connectivity index (χ2v) is 5.62. The number of phenolic OH excluding ortho intramolecular Hbond substituents is 1. The molecule has 1 fully saturated rings. The van der Waals surface area contributed by atoms with Gasteiger partial charge in [-0.1, -0.05) is 6.42 Å². The Kier molecular flexibility index (Phi) is 3.36. The second-order valence-electron chi connectivity index (χ2n) is 4.77. The Balaban J connectivity index is 2.61. The fraction of sp³-hybridized carbons (Fsp3) is 0.538. The van der Waals surface area contributed by atoms with Crippen molar-refractivity contribution in [2.24, 2.45) is 5.73 Å². The predicted molar refractivity (Wildman–Crippen MR) is 71.7 cm³/mol. The van der Waals surface area contributed by atoms with Crippen LogP contribution in [0.5, 0.6) is 11.5 Å². The largest absolute Gasteiger partial charge is 0.504 e. The molecule has 2 rings (SSSR count). The fourth-order valence-corrected chi connectivity index (χ4v) is 3.46. The van der Waals surface area contributed by atoms with Crippen molar-refractivity contribution in [3.63, 3.8) is 0 Å². The summed E-state index contributed by atoms with van der Waals surface area (Å²) in [5.74, 6) is 0.745. The quantitative estimate of drug-likeness (QED) is 0.902. The van der Waals surface area contributed by atoms with E-state index in [2.05, 4.69) is 15.9 Å². The fourth-order valence-electron chi connectivity index (χ4n) is 2.76. The third-order valence-electron chi connectivity index (χ3n) is 3.84. The molecule has 0 radical (unpaired) electrons. The van der Waals surface area contributed by atoms with E-state index >= 15 is 0 Å². The minimum Gasteiger partial charge on any atom is -0.504 e. The Morgan fingerprint density at radius 3 is 2.59 bits per heavy atom. The minimum atomic E-state index is -0.0534. The van der Waals surface area contributed by atoms with Crippen molar-refractivity contribution >= 4 is 15.9 Å². The molecule has 0 spiro atoms. The number of aromatic hydroxyl groups is 1. The molecule has 0 bridgehead atoms. The van der Waals surface area contributed by atoms with Crippen LogP contribution in [0.3, 0.4) is 0 Å². The van der Waals surface area contributed by atoms with Gasteiger partial charge in [-0.05, 0) is 47.3 Å². The van der Waals surface area contributed by atoms with Gasteiger partial charge in [0, 0.05) is 17.5 Å². The van der Waals surface area contributed by atoms with Crippen LogP contribution in [0.25, 0.3) is 0 Å². The first kappa shape index (κ1) is 12.7. The van der Waals surface area contributed by atoms with E-state index in [0.29, 0.717) is 12.3 Å². The van der Waals surface area contributed by atoms with E-state index in [-0.39, 0.29) is 11.2 Å². The first-order valence-electron chi connectivity index (χ1n) is 5.82. The average molecular weight is 300 g/mol. The lowest BCUT2D eigenvalue weighted by atomic mass is 9.63. The molecule has 0 heterocycles. The summed E-state index contributed by atoms with van der Waals surface area (Å²) in [7, 11) is 1.56. The summed E-state index contributed by atoms with van der Waals surface area (Å²) in [5.41, 5.74) is 7.89. The van der Waals surface area contributed by atoms with Crippen LogP contribution in [0.1, 0.15) is 30.4 Å². The number of rotatable bonds is 3. The molecule has 17 heavy (non-hydrogen) atoms. The Bertz CT molecular complexity index is 436.